The first-order chi connectivity index (χ1) is 13.6. The fourth-order valence-corrected chi connectivity index (χ4v) is 3.17. The van der Waals surface area contributed by atoms with E-state index in [1.807, 2.05) is 0 Å². The molecule has 0 spiro atoms. The van der Waals surface area contributed by atoms with E-state index in [-0.39, 0.29) is 5.75 Å². The van der Waals surface area contributed by atoms with Crippen molar-refractivity contribution in [2.24, 2.45) is 0 Å². The first-order valence-electron chi connectivity index (χ1n) is 8.39. The highest BCUT2D eigenvalue weighted by molar-refractivity contribution is 5.52. The zero-order valence-corrected chi connectivity index (χ0v) is 14.8. The number of nitrogen functional groups attached to an aromatic ring is 1. The molecule has 3 aromatic rings. The number of hydrogen-bond donors (Lipinski definition) is 1. The third-order valence-corrected chi connectivity index (χ3v) is 4.46. The average molecular weight is 411 g/mol. The van der Waals surface area contributed by atoms with Crippen LogP contribution in [0.5, 0.6) is 11.5 Å². The Hall–Kier alpha value is -3.16. The average Bonchev–Trinajstić information content (AvgIpc) is 2.64. The Morgan fingerprint density at radius 3 is 1.69 bits per heavy atom. The Labute approximate surface area is 162 Å². The molecular weight excluding hydrogens is 396 g/mol. The minimum atomic E-state index is -5.69. The van der Waals surface area contributed by atoms with Crippen LogP contribution in [0.15, 0.2) is 78.9 Å². The molecule has 2 nitrogen and oxygen atoms in total. The Kier molecular flexibility index (Phi) is 5.21. The monoisotopic (exact) mass is 411 g/mol. The molecule has 152 valence electrons. The minimum absolute atomic E-state index is 0.0537. The van der Waals surface area contributed by atoms with Gasteiger partial charge in [0.1, 0.15) is 11.5 Å². The Morgan fingerprint density at radius 1 is 0.621 bits per heavy atom. The number of benzene rings is 3. The van der Waals surface area contributed by atoms with Gasteiger partial charge in [-0.3, -0.25) is 0 Å². The minimum Gasteiger partial charge on any atom is -0.457 e. The lowest BCUT2D eigenvalue weighted by molar-refractivity contribution is -0.288. The fourth-order valence-electron chi connectivity index (χ4n) is 3.17. The lowest BCUT2D eigenvalue weighted by Crippen LogP contribution is -2.54. The van der Waals surface area contributed by atoms with E-state index in [0.29, 0.717) is 5.69 Å². The summed E-state index contributed by atoms with van der Waals surface area (Å²) in [7, 11) is 0. The topological polar surface area (TPSA) is 35.2 Å². The van der Waals surface area contributed by atoms with Crippen molar-refractivity contribution in [2.75, 3.05) is 5.73 Å². The summed E-state index contributed by atoms with van der Waals surface area (Å²) in [5.74, 6) is -0.506. The summed E-state index contributed by atoms with van der Waals surface area (Å²) in [6.45, 7) is 0. The van der Waals surface area contributed by atoms with Crippen LogP contribution in [0, 0.1) is 0 Å². The summed E-state index contributed by atoms with van der Waals surface area (Å²) in [6, 6.07) is 15.1. The molecule has 8 heteroatoms. The number of nitrogens with two attached hydrogens (primary N) is 1. The van der Waals surface area contributed by atoms with E-state index < -0.39 is 34.6 Å². The highest BCUT2D eigenvalue weighted by Gasteiger charge is 2.73. The largest absolute Gasteiger partial charge is 0.457 e. The lowest BCUT2D eigenvalue weighted by atomic mass is 9.72. The van der Waals surface area contributed by atoms with Crippen molar-refractivity contribution < 1.29 is 31.1 Å². The molecule has 2 N–H and O–H groups in total. The van der Waals surface area contributed by atoms with Gasteiger partial charge in [0.2, 0.25) is 5.41 Å². The standard InChI is InChI=1S/C21H15F6NO/c22-20(23,24)19(21(25,26)27,14-6-2-1-3-7-14)17-8-4-5-9-18(17)29-16-12-10-15(28)11-13-16/h1-13H,28H2. The molecule has 0 atom stereocenters. The van der Waals surface area contributed by atoms with Crippen LogP contribution in [0.4, 0.5) is 32.0 Å². The number of anilines is 1. The lowest BCUT2D eigenvalue weighted by Gasteiger charge is -2.39. The van der Waals surface area contributed by atoms with Crippen LogP contribution in [0.2, 0.25) is 0 Å². The molecule has 29 heavy (non-hydrogen) atoms. The van der Waals surface area contributed by atoms with Crippen LogP contribution < -0.4 is 10.5 Å². The van der Waals surface area contributed by atoms with Gasteiger partial charge in [-0.05, 0) is 35.9 Å². The van der Waals surface area contributed by atoms with Crippen LogP contribution in [0.1, 0.15) is 11.1 Å². The van der Waals surface area contributed by atoms with Gasteiger partial charge in [-0.2, -0.15) is 26.3 Å². The van der Waals surface area contributed by atoms with Crippen LogP contribution in [0.3, 0.4) is 0 Å². The summed E-state index contributed by atoms with van der Waals surface area (Å²) in [5.41, 5.74) is -0.349. The van der Waals surface area contributed by atoms with E-state index in [9.17, 15) is 26.3 Å². The summed E-state index contributed by atoms with van der Waals surface area (Å²) >= 11 is 0. The summed E-state index contributed by atoms with van der Waals surface area (Å²) < 4.78 is 90.8. The van der Waals surface area contributed by atoms with Crippen molar-refractivity contribution in [2.45, 2.75) is 17.8 Å². The van der Waals surface area contributed by atoms with Crippen molar-refractivity contribution in [3.63, 3.8) is 0 Å². The third kappa shape index (κ3) is 3.62. The predicted octanol–water partition coefficient (Wildman–Crippen LogP) is 6.47. The van der Waals surface area contributed by atoms with Crippen molar-refractivity contribution in [1.29, 1.82) is 0 Å². The van der Waals surface area contributed by atoms with Crippen molar-refractivity contribution in [3.05, 3.63) is 90.0 Å². The second-order valence-corrected chi connectivity index (χ2v) is 6.28. The highest BCUT2D eigenvalue weighted by Crippen LogP contribution is 2.58. The predicted molar refractivity (Wildman–Crippen MR) is 96.7 cm³/mol. The van der Waals surface area contributed by atoms with E-state index in [1.165, 1.54) is 36.4 Å². The third-order valence-electron chi connectivity index (χ3n) is 4.46. The van der Waals surface area contributed by atoms with Crippen LogP contribution in [0.25, 0.3) is 0 Å². The molecule has 0 aliphatic carbocycles. The van der Waals surface area contributed by atoms with E-state index in [4.69, 9.17) is 10.5 Å². The molecule has 0 fully saturated rings. The van der Waals surface area contributed by atoms with Crippen LogP contribution in [-0.4, -0.2) is 12.4 Å². The second-order valence-electron chi connectivity index (χ2n) is 6.28. The van der Waals surface area contributed by atoms with Gasteiger partial charge < -0.3 is 10.5 Å². The summed E-state index contributed by atoms with van der Waals surface area (Å²) in [4.78, 5) is 0. The Bertz CT molecular complexity index is 951. The van der Waals surface area contributed by atoms with Gasteiger partial charge in [0.25, 0.3) is 0 Å². The highest BCUT2D eigenvalue weighted by atomic mass is 19.4. The zero-order chi connectivity index (χ0) is 21.3. The quantitative estimate of drug-likeness (QED) is 0.394. The summed E-state index contributed by atoms with van der Waals surface area (Å²) in [6.07, 6.45) is -11.4. The number of rotatable bonds is 4. The van der Waals surface area contributed by atoms with E-state index >= 15 is 0 Å². The van der Waals surface area contributed by atoms with Gasteiger partial charge in [-0.25, -0.2) is 0 Å². The number of ether oxygens (including phenoxy) is 1. The van der Waals surface area contributed by atoms with Gasteiger partial charge in [-0.1, -0.05) is 48.5 Å². The fraction of sp³-hybridized carbons (Fsp3) is 0.143. The van der Waals surface area contributed by atoms with Gasteiger partial charge >= 0.3 is 12.4 Å². The molecule has 0 bridgehead atoms. The van der Waals surface area contributed by atoms with Gasteiger partial charge in [0, 0.05) is 11.3 Å². The number of hydrogen-bond acceptors (Lipinski definition) is 2. The molecule has 0 unspecified atom stereocenters. The molecule has 3 rings (SSSR count). The smallest absolute Gasteiger partial charge is 0.411 e. The second kappa shape index (κ2) is 7.35. The summed E-state index contributed by atoms with van der Waals surface area (Å²) in [5, 5.41) is 0. The van der Waals surface area contributed by atoms with E-state index in [0.717, 1.165) is 42.5 Å². The molecule has 3 aromatic carbocycles. The molecule has 0 saturated carbocycles. The molecule has 0 aliphatic heterocycles. The van der Waals surface area contributed by atoms with Crippen molar-refractivity contribution >= 4 is 5.69 Å². The maximum Gasteiger partial charge on any atom is 0.411 e. The molecule has 0 aromatic heterocycles. The van der Waals surface area contributed by atoms with Crippen molar-refractivity contribution in [1.82, 2.24) is 0 Å². The van der Waals surface area contributed by atoms with Crippen LogP contribution in [-0.2, 0) is 5.41 Å². The zero-order valence-electron chi connectivity index (χ0n) is 14.8. The molecular formula is C21H15F6NO. The Balaban J connectivity index is 2.29. The normalized spacial score (nSPS) is 12.6. The van der Waals surface area contributed by atoms with Crippen LogP contribution >= 0.6 is 0 Å². The van der Waals surface area contributed by atoms with Gasteiger partial charge in [0.15, 0.2) is 0 Å². The molecule has 0 heterocycles. The molecule has 0 amide bonds. The maximum absolute atomic E-state index is 14.2. The van der Waals surface area contributed by atoms with E-state index in [2.05, 4.69) is 0 Å². The Morgan fingerprint density at radius 2 is 1.14 bits per heavy atom. The number of halogens is 6. The number of alkyl halides is 6. The molecule has 0 aliphatic rings. The van der Waals surface area contributed by atoms with E-state index in [1.54, 1.807) is 0 Å². The number of para-hydroxylation sites is 1. The molecule has 0 saturated heterocycles. The first kappa shape index (κ1) is 20.6. The maximum atomic E-state index is 14.2. The SMILES string of the molecule is Nc1ccc(Oc2ccccc2C(c2ccccc2)(C(F)(F)F)C(F)(F)F)cc1. The van der Waals surface area contributed by atoms with Gasteiger partial charge in [0.05, 0.1) is 0 Å². The first-order valence-corrected chi connectivity index (χ1v) is 8.39. The van der Waals surface area contributed by atoms with Crippen molar-refractivity contribution in [3.8, 4) is 11.5 Å². The van der Waals surface area contributed by atoms with Gasteiger partial charge in [-0.15, -0.1) is 0 Å². The molecule has 0 radical (unpaired) electrons.